The molecular formula is C16H12F2N2O2S2. The Bertz CT molecular complexity index is 1080. The molecule has 0 fully saturated rings. The SMILES string of the molecule is C=CCn1/c(=N/S(=O)(=O)c2ccc(F)cc2)sc2cc(F)ccc21. The first-order valence-corrected chi connectivity index (χ1v) is 9.13. The zero-order chi connectivity index (χ0) is 17.3. The van der Waals surface area contributed by atoms with Crippen molar-refractivity contribution in [2.45, 2.75) is 11.4 Å². The second-order valence-electron chi connectivity index (χ2n) is 4.92. The van der Waals surface area contributed by atoms with Crippen LogP contribution in [0, 0.1) is 11.6 Å². The number of thiazole rings is 1. The van der Waals surface area contributed by atoms with Crippen LogP contribution in [0.5, 0.6) is 0 Å². The van der Waals surface area contributed by atoms with Crippen molar-refractivity contribution in [3.63, 3.8) is 0 Å². The Morgan fingerprint density at radius 1 is 1.12 bits per heavy atom. The molecule has 3 rings (SSSR count). The van der Waals surface area contributed by atoms with E-state index >= 15 is 0 Å². The molecule has 0 radical (unpaired) electrons. The van der Waals surface area contributed by atoms with E-state index < -0.39 is 21.7 Å². The van der Waals surface area contributed by atoms with E-state index in [4.69, 9.17) is 0 Å². The van der Waals surface area contributed by atoms with Gasteiger partial charge in [0, 0.05) is 6.54 Å². The van der Waals surface area contributed by atoms with Gasteiger partial charge >= 0.3 is 0 Å². The monoisotopic (exact) mass is 366 g/mol. The zero-order valence-electron chi connectivity index (χ0n) is 12.3. The lowest BCUT2D eigenvalue weighted by Crippen LogP contribution is -2.16. The predicted octanol–water partition coefficient (Wildman–Crippen LogP) is 3.46. The number of hydrogen-bond acceptors (Lipinski definition) is 3. The lowest BCUT2D eigenvalue weighted by atomic mass is 10.3. The highest BCUT2D eigenvalue weighted by atomic mass is 32.2. The molecule has 0 saturated carbocycles. The molecule has 24 heavy (non-hydrogen) atoms. The van der Waals surface area contributed by atoms with Crippen LogP contribution < -0.4 is 4.80 Å². The molecule has 0 aliphatic heterocycles. The maximum absolute atomic E-state index is 13.4. The minimum absolute atomic E-state index is 0.113. The molecule has 1 heterocycles. The van der Waals surface area contributed by atoms with E-state index in [1.807, 2.05) is 0 Å². The van der Waals surface area contributed by atoms with Crippen molar-refractivity contribution in [3.05, 3.63) is 71.6 Å². The van der Waals surface area contributed by atoms with Gasteiger partial charge < -0.3 is 4.57 Å². The zero-order valence-corrected chi connectivity index (χ0v) is 13.9. The third-order valence-corrected chi connectivity index (χ3v) is 5.70. The summed E-state index contributed by atoms with van der Waals surface area (Å²) < 4.78 is 57.2. The van der Waals surface area contributed by atoms with Gasteiger partial charge in [0.1, 0.15) is 11.6 Å². The standard InChI is InChI=1S/C16H12F2N2O2S2/c1-2-9-20-14-8-5-12(18)10-15(14)23-16(20)19-24(21,22)13-6-3-11(17)4-7-13/h2-8,10H,1,9H2/b19-16-. The van der Waals surface area contributed by atoms with Crippen molar-refractivity contribution in [1.82, 2.24) is 4.57 Å². The van der Waals surface area contributed by atoms with Gasteiger partial charge in [-0.2, -0.15) is 8.42 Å². The summed E-state index contributed by atoms with van der Waals surface area (Å²) in [6.45, 7) is 3.97. The molecule has 0 N–H and O–H groups in total. The molecule has 0 atom stereocenters. The molecule has 124 valence electrons. The largest absolute Gasteiger partial charge is 0.312 e. The first kappa shape index (κ1) is 16.5. The molecule has 8 heteroatoms. The van der Waals surface area contributed by atoms with E-state index in [1.54, 1.807) is 16.7 Å². The van der Waals surface area contributed by atoms with Crippen molar-refractivity contribution < 1.29 is 17.2 Å². The molecule has 0 saturated heterocycles. The van der Waals surface area contributed by atoms with Crippen LogP contribution in [0.2, 0.25) is 0 Å². The van der Waals surface area contributed by atoms with Gasteiger partial charge in [-0.1, -0.05) is 17.4 Å². The average molecular weight is 366 g/mol. The lowest BCUT2D eigenvalue weighted by Gasteiger charge is -2.01. The van der Waals surface area contributed by atoms with Gasteiger partial charge in [-0.3, -0.25) is 0 Å². The van der Waals surface area contributed by atoms with Crippen LogP contribution in [0.15, 0.2) is 64.4 Å². The van der Waals surface area contributed by atoms with Gasteiger partial charge in [0.25, 0.3) is 10.0 Å². The predicted molar refractivity (Wildman–Crippen MR) is 89.1 cm³/mol. The Balaban J connectivity index is 2.23. The van der Waals surface area contributed by atoms with Gasteiger partial charge in [-0.05, 0) is 42.5 Å². The quantitative estimate of drug-likeness (QED) is 0.664. The number of benzene rings is 2. The number of rotatable bonds is 4. The number of nitrogens with zero attached hydrogens (tertiary/aromatic N) is 2. The summed E-state index contributed by atoms with van der Waals surface area (Å²) in [7, 11) is -4.01. The summed E-state index contributed by atoms with van der Waals surface area (Å²) in [6, 6.07) is 8.60. The number of allylic oxidation sites excluding steroid dienone is 1. The molecule has 0 aliphatic carbocycles. The van der Waals surface area contributed by atoms with Gasteiger partial charge in [0.05, 0.1) is 15.1 Å². The highest BCUT2D eigenvalue weighted by Crippen LogP contribution is 2.20. The number of hydrogen-bond donors (Lipinski definition) is 0. The fraction of sp³-hybridized carbons (Fsp3) is 0.0625. The van der Waals surface area contributed by atoms with E-state index in [0.29, 0.717) is 16.8 Å². The number of halogens is 2. The van der Waals surface area contributed by atoms with Crippen LogP contribution >= 0.6 is 11.3 Å². The molecule has 0 spiro atoms. The maximum Gasteiger partial charge on any atom is 0.285 e. The minimum Gasteiger partial charge on any atom is -0.312 e. The van der Waals surface area contributed by atoms with Crippen LogP contribution in [0.25, 0.3) is 10.2 Å². The summed E-state index contributed by atoms with van der Waals surface area (Å²) in [4.78, 5) is 0.0810. The van der Waals surface area contributed by atoms with Crippen LogP contribution in [0.3, 0.4) is 0 Å². The molecule has 0 unspecified atom stereocenters. The molecule has 3 aromatic rings. The van der Waals surface area contributed by atoms with Crippen molar-refractivity contribution >= 4 is 31.6 Å². The van der Waals surface area contributed by atoms with Gasteiger partial charge in [0.15, 0.2) is 0 Å². The smallest absolute Gasteiger partial charge is 0.285 e. The normalized spacial score (nSPS) is 12.7. The molecular weight excluding hydrogens is 354 g/mol. The Morgan fingerprint density at radius 2 is 1.79 bits per heavy atom. The van der Waals surface area contributed by atoms with Crippen molar-refractivity contribution in [2.24, 2.45) is 4.40 Å². The summed E-state index contributed by atoms with van der Waals surface area (Å²) in [5, 5.41) is 0. The van der Waals surface area contributed by atoms with E-state index in [-0.39, 0.29) is 9.70 Å². The second kappa shape index (κ2) is 6.29. The van der Waals surface area contributed by atoms with Crippen LogP contribution in [0.4, 0.5) is 8.78 Å². The van der Waals surface area contributed by atoms with Gasteiger partial charge in [-0.15, -0.1) is 11.0 Å². The third-order valence-electron chi connectivity index (χ3n) is 3.27. The van der Waals surface area contributed by atoms with E-state index in [1.165, 1.54) is 12.1 Å². The number of sulfonamides is 1. The topological polar surface area (TPSA) is 51.4 Å². The number of fused-ring (bicyclic) bond motifs is 1. The molecule has 2 aromatic carbocycles. The van der Waals surface area contributed by atoms with Crippen LogP contribution in [-0.2, 0) is 16.6 Å². The highest BCUT2D eigenvalue weighted by molar-refractivity contribution is 7.90. The molecule has 1 aromatic heterocycles. The molecule has 4 nitrogen and oxygen atoms in total. The maximum atomic E-state index is 13.4. The molecule has 0 amide bonds. The van der Waals surface area contributed by atoms with Crippen LogP contribution in [0.1, 0.15) is 0 Å². The van der Waals surface area contributed by atoms with E-state index in [0.717, 1.165) is 35.6 Å². The highest BCUT2D eigenvalue weighted by Gasteiger charge is 2.15. The first-order valence-electron chi connectivity index (χ1n) is 6.87. The Hall–Kier alpha value is -2.32. The second-order valence-corrected chi connectivity index (χ2v) is 7.53. The summed E-state index contributed by atoms with van der Waals surface area (Å²) in [6.07, 6.45) is 1.60. The summed E-state index contributed by atoms with van der Waals surface area (Å²) in [5.41, 5.74) is 0.661. The summed E-state index contributed by atoms with van der Waals surface area (Å²) >= 11 is 1.06. The number of aromatic nitrogens is 1. The third kappa shape index (κ3) is 3.15. The Labute approximate surface area is 141 Å². The fourth-order valence-corrected chi connectivity index (χ4v) is 4.45. The minimum atomic E-state index is -4.01. The van der Waals surface area contributed by atoms with Gasteiger partial charge in [-0.25, -0.2) is 8.78 Å². The fourth-order valence-electron chi connectivity index (χ4n) is 2.18. The van der Waals surface area contributed by atoms with Crippen molar-refractivity contribution in [3.8, 4) is 0 Å². The van der Waals surface area contributed by atoms with E-state index in [9.17, 15) is 17.2 Å². The Kier molecular flexibility index (Phi) is 4.33. The van der Waals surface area contributed by atoms with Crippen LogP contribution in [-0.4, -0.2) is 13.0 Å². The van der Waals surface area contributed by atoms with Crippen molar-refractivity contribution in [1.29, 1.82) is 0 Å². The van der Waals surface area contributed by atoms with Crippen molar-refractivity contribution in [2.75, 3.05) is 0 Å². The molecule has 0 aliphatic rings. The first-order chi connectivity index (χ1) is 11.4. The van der Waals surface area contributed by atoms with E-state index in [2.05, 4.69) is 11.0 Å². The average Bonchev–Trinajstić information content (AvgIpc) is 2.84. The lowest BCUT2D eigenvalue weighted by molar-refractivity contribution is 0.594. The molecule has 0 bridgehead atoms. The Morgan fingerprint density at radius 3 is 2.46 bits per heavy atom. The summed E-state index contributed by atoms with van der Waals surface area (Å²) in [5.74, 6) is -0.949. The van der Waals surface area contributed by atoms with Gasteiger partial charge in [0.2, 0.25) is 4.80 Å².